The fraction of sp³-hybridized carbons (Fsp3) is 0.923. The highest BCUT2D eigenvalue weighted by molar-refractivity contribution is 6.37. The number of hydrogen-bond acceptors (Lipinski definition) is 11. The van der Waals surface area contributed by atoms with Gasteiger partial charge in [0, 0.05) is 0 Å². The molecular weight excluding hydrogens is 509 g/mol. The first-order chi connectivity index (χ1) is 19.0. The number of halogens is 1. The van der Waals surface area contributed by atoms with Crippen LogP contribution < -0.4 is 64.0 Å². The Kier molecular flexibility index (Phi) is 22.1. The molecule has 0 bridgehead atoms. The van der Waals surface area contributed by atoms with Gasteiger partial charge in [0.05, 0.1) is 110 Å². The molecule has 13 nitrogen and oxygen atoms in total. The van der Waals surface area contributed by atoms with Gasteiger partial charge in [0.1, 0.15) is 25.2 Å². The Labute approximate surface area is 261 Å². The lowest BCUT2D eigenvalue weighted by molar-refractivity contribution is 0.163. The number of rotatable bonds is 22. The highest BCUT2D eigenvalue weighted by atomic mass is 19.1. The van der Waals surface area contributed by atoms with Gasteiger partial charge in [0.25, 0.3) is 0 Å². The number of hydrogen-bond donors (Lipinski definition) is 12. The summed E-state index contributed by atoms with van der Waals surface area (Å²) in [6.45, 7) is 0. The second kappa shape index (κ2) is 22.3. The average Bonchev–Trinajstić information content (AvgIpc) is 2.74. The van der Waals surface area contributed by atoms with Gasteiger partial charge in [-0.05, 0) is 5.84 Å². The van der Waals surface area contributed by atoms with E-state index < -0.39 is 72.5 Å². The van der Waals surface area contributed by atoms with Gasteiger partial charge in [0.15, 0.2) is 0 Å². The molecule has 0 aliphatic heterocycles. The van der Waals surface area contributed by atoms with Gasteiger partial charge in [-0.2, -0.15) is 0 Å². The summed E-state index contributed by atoms with van der Waals surface area (Å²) in [6, 6.07) is 0. The van der Waals surface area contributed by atoms with Gasteiger partial charge in [-0.3, -0.25) is 26.7 Å². The third-order valence-corrected chi connectivity index (χ3v) is 4.01. The number of nitrogens with zero attached hydrogens (tertiary/aromatic N) is 1. The molecule has 0 fully saturated rings. The van der Waals surface area contributed by atoms with Crippen LogP contribution in [-0.2, 0) is 0 Å². The number of guanidine groups is 1. The zero-order chi connectivity index (χ0) is 31.7. The van der Waals surface area contributed by atoms with Crippen LogP contribution in [0.4, 0.5) is 4.39 Å². The Bertz CT molecular complexity index is 645. The quantitative estimate of drug-likeness (QED) is 0.0160. The molecule has 1 unspecified atom stereocenters. The zero-order valence-electron chi connectivity index (χ0n) is 22.3. The van der Waals surface area contributed by atoms with Crippen molar-refractivity contribution in [3.05, 3.63) is 0 Å². The van der Waals surface area contributed by atoms with Crippen molar-refractivity contribution in [2.75, 3.05) is 0 Å². The van der Waals surface area contributed by atoms with Crippen LogP contribution in [0.1, 0.15) is 0 Å². The first kappa shape index (κ1) is 40.7. The molecule has 28 radical (unpaired) electrons. The third kappa shape index (κ3) is 23.8. The van der Waals surface area contributed by atoms with Crippen LogP contribution in [0.3, 0.4) is 0 Å². The van der Waals surface area contributed by atoms with E-state index in [0.717, 1.165) is 0 Å². The van der Waals surface area contributed by atoms with E-state index in [0.29, 0.717) is 0 Å². The highest BCUT2D eigenvalue weighted by Gasteiger charge is 2.23. The minimum Gasteiger partial charge on any atom is -0.327 e. The van der Waals surface area contributed by atoms with Crippen molar-refractivity contribution in [1.29, 1.82) is 0 Å². The molecule has 0 amide bonds. The monoisotopic (exact) mass is 535 g/mol. The number of nitrogens with one attached hydrogen (secondary N) is 12. The first-order valence-electron chi connectivity index (χ1n) is 11.9. The van der Waals surface area contributed by atoms with Crippen molar-refractivity contribution < 1.29 is 4.39 Å². The van der Waals surface area contributed by atoms with Gasteiger partial charge in [-0.1, -0.05) is 35.0 Å². The van der Waals surface area contributed by atoms with Crippen LogP contribution in [-0.4, -0.2) is 188 Å². The summed E-state index contributed by atoms with van der Waals surface area (Å²) in [5, 5.41) is 26.8. The molecule has 0 aromatic carbocycles. The lowest BCUT2D eigenvalue weighted by Gasteiger charge is -2.36. The van der Waals surface area contributed by atoms with Gasteiger partial charge in [-0.25, -0.2) is 20.1 Å². The molecule has 0 saturated carbocycles. The van der Waals surface area contributed by atoms with Crippen molar-refractivity contribution in [2.45, 2.75) is 72.5 Å². The van der Waals surface area contributed by atoms with Crippen molar-refractivity contribution >= 4 is 116 Å². The molecule has 28 heteroatoms. The number of hydrazine groups is 1. The molecule has 12 N–H and O–H groups in total. The Morgan fingerprint density at radius 3 is 1.05 bits per heavy atom. The molecule has 0 aliphatic carbocycles. The highest BCUT2D eigenvalue weighted by Crippen LogP contribution is 1.93. The Morgan fingerprint density at radius 2 is 0.732 bits per heavy atom. The van der Waals surface area contributed by atoms with Gasteiger partial charge in [0.2, 0.25) is 12.4 Å². The molecule has 0 heterocycles. The first-order valence-corrected chi connectivity index (χ1v) is 11.9. The maximum Gasteiger partial charge on any atom is 0.249 e. The average molecular weight is 533 g/mol. The zero-order valence-corrected chi connectivity index (χ0v) is 22.3. The van der Waals surface area contributed by atoms with E-state index >= 15 is 4.39 Å². The van der Waals surface area contributed by atoms with E-state index in [9.17, 15) is 0 Å². The Balaban J connectivity index is 6.09. The molecule has 0 aromatic heterocycles. The largest absolute Gasteiger partial charge is 0.327 e. The van der Waals surface area contributed by atoms with Crippen molar-refractivity contribution in [3.63, 3.8) is 0 Å². The summed E-state index contributed by atoms with van der Waals surface area (Å²) >= 11 is 0. The molecule has 41 heavy (non-hydrogen) atoms. The maximum absolute atomic E-state index is 15.4. The molecule has 0 spiro atoms. The van der Waals surface area contributed by atoms with E-state index in [1.54, 1.807) is 0 Å². The fourth-order valence-electron chi connectivity index (χ4n) is 2.73. The second-order valence-corrected chi connectivity index (χ2v) is 8.14. The SMILES string of the molecule is [B]C([B])NNC(=NC(F)NC(NC(NC([B])[B])NC([B])[B])NC(NC([B])[B])NC([B])[B])NC(NC([B])[B])NC([B])[B]. The summed E-state index contributed by atoms with van der Waals surface area (Å²) in [6.07, 6.45) is -6.54. The maximum atomic E-state index is 15.4. The predicted molar refractivity (Wildman–Crippen MR) is 172 cm³/mol. The van der Waals surface area contributed by atoms with Gasteiger partial charge in [-0.15, -0.1) is 0 Å². The third-order valence-electron chi connectivity index (χ3n) is 4.01. The lowest BCUT2D eigenvalue weighted by atomic mass is 9.77. The summed E-state index contributed by atoms with van der Waals surface area (Å²) in [5.41, 5.74) is 4.90. The van der Waals surface area contributed by atoms with Crippen LogP contribution >= 0.6 is 0 Å². The summed E-state index contributed by atoms with van der Waals surface area (Å²) in [7, 11) is 78.0. The molecule has 0 rings (SSSR count). The fourth-order valence-corrected chi connectivity index (χ4v) is 2.73. The van der Waals surface area contributed by atoms with Crippen molar-refractivity contribution in [3.8, 4) is 0 Å². The normalized spacial score (nSPS) is 13.9. The minimum absolute atomic E-state index is 0.294. The number of aliphatic imine (C=N–C) groups is 1. The van der Waals surface area contributed by atoms with Crippen LogP contribution in [0, 0.1) is 0 Å². The minimum atomic E-state index is -2.22. The van der Waals surface area contributed by atoms with E-state index in [4.69, 9.17) is 110 Å². The van der Waals surface area contributed by atoms with Crippen LogP contribution in [0.2, 0.25) is 0 Å². The van der Waals surface area contributed by atoms with Crippen LogP contribution in [0.25, 0.3) is 0 Å². The number of alkyl halides is 1. The smallest absolute Gasteiger partial charge is 0.249 e. The lowest BCUT2D eigenvalue weighted by Crippen LogP contribution is -2.72. The molecule has 0 aliphatic rings. The second-order valence-electron chi connectivity index (χ2n) is 8.14. The van der Waals surface area contributed by atoms with Gasteiger partial charge < -0.3 is 26.6 Å². The molecule has 0 aromatic rings. The summed E-state index contributed by atoms with van der Waals surface area (Å²) < 4.78 is 15.4. The predicted octanol–water partition coefficient (Wildman–Crippen LogP) is -11.9. The summed E-state index contributed by atoms with van der Waals surface area (Å²) in [5.74, 6) is -7.74. The van der Waals surface area contributed by atoms with Crippen LogP contribution in [0.5, 0.6) is 0 Å². The molecular formula is C13H24B14FN13. The standard InChI is InChI=1S/C13H24B14FN13/c14-1(15)29-9(30-2(16)17)37-12(38-10(31-3(18)19)32-4(20)21)35-8(28)36-13(41-40-7(26)27)39-11(33-5(22)23)34-6(24)25/h1-12,29-35,37-38,40H,(H2,36,39,41). The van der Waals surface area contributed by atoms with E-state index in [1.165, 1.54) is 0 Å². The van der Waals surface area contributed by atoms with E-state index in [2.05, 4.69) is 69.0 Å². The summed E-state index contributed by atoms with van der Waals surface area (Å²) in [4.78, 5) is 3.84. The van der Waals surface area contributed by atoms with E-state index in [1.807, 2.05) is 0 Å². The van der Waals surface area contributed by atoms with Crippen molar-refractivity contribution in [1.82, 2.24) is 64.0 Å². The Morgan fingerprint density at radius 1 is 0.415 bits per heavy atom. The topological polar surface area (TPSA) is 157 Å². The molecule has 1 atom stereocenters. The van der Waals surface area contributed by atoms with Crippen LogP contribution in [0.15, 0.2) is 4.99 Å². The molecule has 190 valence electrons. The van der Waals surface area contributed by atoms with Gasteiger partial charge >= 0.3 is 0 Å². The molecule has 0 saturated heterocycles. The Hall–Kier alpha value is -0.291. The van der Waals surface area contributed by atoms with E-state index in [-0.39, 0.29) is 5.96 Å². The van der Waals surface area contributed by atoms with Crippen molar-refractivity contribution in [2.24, 2.45) is 4.99 Å².